The van der Waals surface area contributed by atoms with Gasteiger partial charge in [-0.3, -0.25) is 0 Å². The molecule has 3 rings (SSSR count). The SMILES string of the molecule is CC(C)(C)OC(=O)N1CCC(c2cccc3c2CNCC3)C1. The number of carbonyl (C=O) groups is 1. The van der Waals surface area contributed by atoms with Crippen molar-refractivity contribution in [2.45, 2.75) is 51.7 Å². The van der Waals surface area contributed by atoms with Crippen LogP contribution in [0, 0.1) is 0 Å². The fraction of sp³-hybridized carbons (Fsp3) is 0.611. The fourth-order valence-corrected chi connectivity index (χ4v) is 3.43. The Morgan fingerprint density at radius 3 is 2.95 bits per heavy atom. The van der Waals surface area contributed by atoms with Crippen molar-refractivity contribution in [1.82, 2.24) is 10.2 Å². The number of hydrogen-bond acceptors (Lipinski definition) is 3. The molecule has 0 aliphatic carbocycles. The second-order valence-electron chi connectivity index (χ2n) is 7.32. The summed E-state index contributed by atoms with van der Waals surface area (Å²) in [6.07, 6.45) is 1.94. The quantitative estimate of drug-likeness (QED) is 0.867. The van der Waals surface area contributed by atoms with Crippen molar-refractivity contribution in [3.05, 3.63) is 34.9 Å². The fourth-order valence-electron chi connectivity index (χ4n) is 3.43. The molecule has 120 valence electrons. The Hall–Kier alpha value is -1.55. The topological polar surface area (TPSA) is 41.6 Å². The standard InChI is InChI=1S/C18H26N2O2/c1-18(2,3)22-17(21)20-10-8-14(12-20)15-6-4-5-13-7-9-19-11-16(13)15/h4-6,14,19H,7-12H2,1-3H3. The third kappa shape index (κ3) is 3.27. The lowest BCUT2D eigenvalue weighted by Gasteiger charge is -2.25. The normalized spacial score (nSPS) is 21.6. The van der Waals surface area contributed by atoms with E-state index >= 15 is 0 Å². The Labute approximate surface area is 132 Å². The summed E-state index contributed by atoms with van der Waals surface area (Å²) in [6, 6.07) is 6.63. The highest BCUT2D eigenvalue weighted by molar-refractivity contribution is 5.68. The Kier molecular flexibility index (Phi) is 4.13. The third-order valence-electron chi connectivity index (χ3n) is 4.46. The average molecular weight is 302 g/mol. The molecule has 2 aliphatic rings. The van der Waals surface area contributed by atoms with Gasteiger partial charge in [-0.1, -0.05) is 18.2 Å². The molecular formula is C18H26N2O2. The molecular weight excluding hydrogens is 276 g/mol. The zero-order chi connectivity index (χ0) is 15.7. The Morgan fingerprint density at radius 2 is 2.18 bits per heavy atom. The lowest BCUT2D eigenvalue weighted by molar-refractivity contribution is 0.0292. The molecule has 1 amide bonds. The molecule has 1 aromatic rings. The minimum absolute atomic E-state index is 0.182. The van der Waals surface area contributed by atoms with Gasteiger partial charge in [0.2, 0.25) is 0 Å². The molecule has 1 unspecified atom stereocenters. The van der Waals surface area contributed by atoms with E-state index in [-0.39, 0.29) is 6.09 Å². The highest BCUT2D eigenvalue weighted by Gasteiger charge is 2.32. The predicted molar refractivity (Wildman–Crippen MR) is 87.0 cm³/mol. The van der Waals surface area contributed by atoms with Crippen LogP contribution in [0.15, 0.2) is 18.2 Å². The summed E-state index contributed by atoms with van der Waals surface area (Å²) < 4.78 is 5.49. The van der Waals surface area contributed by atoms with Crippen molar-refractivity contribution in [2.24, 2.45) is 0 Å². The summed E-state index contributed by atoms with van der Waals surface area (Å²) in [5.41, 5.74) is 3.90. The van der Waals surface area contributed by atoms with E-state index in [1.807, 2.05) is 25.7 Å². The number of nitrogens with one attached hydrogen (secondary N) is 1. The average Bonchev–Trinajstić information content (AvgIpc) is 2.94. The van der Waals surface area contributed by atoms with Gasteiger partial charge in [-0.05, 0) is 56.8 Å². The number of nitrogens with zero attached hydrogens (tertiary/aromatic N) is 1. The molecule has 0 spiro atoms. The Bertz CT molecular complexity index is 563. The van der Waals surface area contributed by atoms with Gasteiger partial charge in [0.1, 0.15) is 5.60 Å². The van der Waals surface area contributed by atoms with Crippen LogP contribution in [-0.2, 0) is 17.7 Å². The van der Waals surface area contributed by atoms with Crippen LogP contribution in [0.4, 0.5) is 4.79 Å². The molecule has 1 aromatic carbocycles. The van der Waals surface area contributed by atoms with Crippen molar-refractivity contribution in [3.63, 3.8) is 0 Å². The second-order valence-corrected chi connectivity index (χ2v) is 7.32. The van der Waals surface area contributed by atoms with Gasteiger partial charge >= 0.3 is 6.09 Å². The van der Waals surface area contributed by atoms with E-state index in [9.17, 15) is 4.79 Å². The predicted octanol–water partition coefficient (Wildman–Crippen LogP) is 3.06. The zero-order valence-corrected chi connectivity index (χ0v) is 13.8. The van der Waals surface area contributed by atoms with Crippen LogP contribution in [0.1, 0.15) is 49.8 Å². The zero-order valence-electron chi connectivity index (χ0n) is 13.8. The molecule has 0 bridgehead atoms. The first kappa shape index (κ1) is 15.3. The maximum Gasteiger partial charge on any atom is 0.410 e. The lowest BCUT2D eigenvalue weighted by Crippen LogP contribution is -2.35. The molecule has 1 fully saturated rings. The number of ether oxygens (including phenoxy) is 1. The van der Waals surface area contributed by atoms with E-state index in [1.165, 1.54) is 16.7 Å². The summed E-state index contributed by atoms with van der Waals surface area (Å²) in [5.74, 6) is 0.433. The van der Waals surface area contributed by atoms with Crippen LogP contribution < -0.4 is 5.32 Å². The third-order valence-corrected chi connectivity index (χ3v) is 4.46. The first-order chi connectivity index (χ1) is 10.4. The van der Waals surface area contributed by atoms with Crippen LogP contribution in [0.5, 0.6) is 0 Å². The van der Waals surface area contributed by atoms with Crippen molar-refractivity contribution in [1.29, 1.82) is 0 Å². The molecule has 1 atom stereocenters. The number of likely N-dealkylation sites (tertiary alicyclic amines) is 1. The summed E-state index contributed by atoms with van der Waals surface area (Å²) in [7, 11) is 0. The first-order valence-electron chi connectivity index (χ1n) is 8.23. The maximum absolute atomic E-state index is 12.2. The maximum atomic E-state index is 12.2. The summed E-state index contributed by atoms with van der Waals surface area (Å²) >= 11 is 0. The van der Waals surface area contributed by atoms with Crippen LogP contribution >= 0.6 is 0 Å². The van der Waals surface area contributed by atoms with E-state index < -0.39 is 5.60 Å². The van der Waals surface area contributed by atoms with Gasteiger partial charge in [0, 0.05) is 25.6 Å². The highest BCUT2D eigenvalue weighted by atomic mass is 16.6. The molecule has 1 saturated heterocycles. The first-order valence-corrected chi connectivity index (χ1v) is 8.23. The van der Waals surface area contributed by atoms with Crippen LogP contribution in [0.2, 0.25) is 0 Å². The van der Waals surface area contributed by atoms with Crippen LogP contribution in [0.25, 0.3) is 0 Å². The number of carbonyl (C=O) groups excluding carboxylic acids is 1. The summed E-state index contributed by atoms with van der Waals surface area (Å²) in [4.78, 5) is 14.1. The van der Waals surface area contributed by atoms with E-state index in [2.05, 4.69) is 23.5 Å². The second kappa shape index (κ2) is 5.92. The van der Waals surface area contributed by atoms with E-state index in [0.29, 0.717) is 5.92 Å². The lowest BCUT2D eigenvalue weighted by atomic mass is 9.88. The van der Waals surface area contributed by atoms with Gasteiger partial charge in [0.15, 0.2) is 0 Å². The van der Waals surface area contributed by atoms with Crippen molar-refractivity contribution < 1.29 is 9.53 Å². The van der Waals surface area contributed by atoms with Crippen molar-refractivity contribution in [2.75, 3.05) is 19.6 Å². The van der Waals surface area contributed by atoms with Gasteiger partial charge < -0.3 is 15.0 Å². The molecule has 4 heteroatoms. The van der Waals surface area contributed by atoms with Crippen molar-refractivity contribution >= 4 is 6.09 Å². The van der Waals surface area contributed by atoms with Crippen LogP contribution in [-0.4, -0.2) is 36.2 Å². The number of fused-ring (bicyclic) bond motifs is 1. The minimum Gasteiger partial charge on any atom is -0.444 e. The number of rotatable bonds is 1. The Morgan fingerprint density at radius 1 is 1.36 bits per heavy atom. The minimum atomic E-state index is -0.426. The van der Waals surface area contributed by atoms with Gasteiger partial charge in [-0.15, -0.1) is 0 Å². The summed E-state index contributed by atoms with van der Waals surface area (Å²) in [6.45, 7) is 9.31. The molecule has 2 heterocycles. The van der Waals surface area contributed by atoms with E-state index in [4.69, 9.17) is 4.74 Å². The Balaban J connectivity index is 1.72. The van der Waals surface area contributed by atoms with Gasteiger partial charge in [0.05, 0.1) is 0 Å². The van der Waals surface area contributed by atoms with Gasteiger partial charge in [-0.2, -0.15) is 0 Å². The number of amides is 1. The molecule has 1 N–H and O–H groups in total. The molecule has 2 aliphatic heterocycles. The summed E-state index contributed by atoms with van der Waals surface area (Å²) in [5, 5.41) is 3.46. The van der Waals surface area contributed by atoms with E-state index in [1.54, 1.807) is 0 Å². The molecule has 22 heavy (non-hydrogen) atoms. The van der Waals surface area contributed by atoms with Gasteiger partial charge in [0.25, 0.3) is 0 Å². The number of benzene rings is 1. The van der Waals surface area contributed by atoms with Gasteiger partial charge in [-0.25, -0.2) is 4.79 Å². The van der Waals surface area contributed by atoms with E-state index in [0.717, 1.165) is 39.0 Å². The highest BCUT2D eigenvalue weighted by Crippen LogP contribution is 2.32. The van der Waals surface area contributed by atoms with Crippen molar-refractivity contribution in [3.8, 4) is 0 Å². The largest absolute Gasteiger partial charge is 0.444 e. The van der Waals surface area contributed by atoms with Crippen LogP contribution in [0.3, 0.4) is 0 Å². The molecule has 0 saturated carbocycles. The molecule has 0 radical (unpaired) electrons. The number of hydrogen-bond donors (Lipinski definition) is 1. The molecule has 0 aromatic heterocycles. The monoisotopic (exact) mass is 302 g/mol. The smallest absolute Gasteiger partial charge is 0.410 e. The molecule has 4 nitrogen and oxygen atoms in total.